The number of halogens is 2. The Morgan fingerprint density at radius 1 is 1.15 bits per heavy atom. The summed E-state index contributed by atoms with van der Waals surface area (Å²) in [6.07, 6.45) is 6.33. The van der Waals surface area contributed by atoms with Gasteiger partial charge in [0.15, 0.2) is 0 Å². The van der Waals surface area contributed by atoms with Crippen LogP contribution in [-0.2, 0) is 10.2 Å². The molecule has 0 saturated heterocycles. The van der Waals surface area contributed by atoms with E-state index in [2.05, 4.69) is 11.4 Å². The summed E-state index contributed by atoms with van der Waals surface area (Å²) in [7, 11) is 1.73. The summed E-state index contributed by atoms with van der Waals surface area (Å²) in [6.45, 7) is 2.62. The number of rotatable bonds is 6. The summed E-state index contributed by atoms with van der Waals surface area (Å²) in [6, 6.07) is 6.11. The zero-order chi connectivity index (χ0) is 14.4. The molecule has 1 aromatic rings. The Bertz CT molecular complexity index is 430. The zero-order valence-electron chi connectivity index (χ0n) is 12.1. The van der Waals surface area contributed by atoms with Gasteiger partial charge in [-0.2, -0.15) is 0 Å². The molecule has 1 N–H and O–H groups in total. The summed E-state index contributed by atoms with van der Waals surface area (Å²) in [5, 5.41) is 4.82. The lowest BCUT2D eigenvalue weighted by Crippen LogP contribution is -2.41. The molecule has 1 saturated carbocycles. The molecule has 0 radical (unpaired) electrons. The Morgan fingerprint density at radius 3 is 2.55 bits per heavy atom. The molecular weight excluding hydrogens is 293 g/mol. The molecule has 4 heteroatoms. The molecule has 112 valence electrons. The van der Waals surface area contributed by atoms with Crippen molar-refractivity contribution in [3.05, 3.63) is 33.8 Å². The fourth-order valence-electron chi connectivity index (χ4n) is 3.12. The van der Waals surface area contributed by atoms with E-state index in [9.17, 15) is 0 Å². The van der Waals surface area contributed by atoms with Gasteiger partial charge in [0.25, 0.3) is 0 Å². The van der Waals surface area contributed by atoms with Gasteiger partial charge in [-0.15, -0.1) is 0 Å². The molecule has 1 aliphatic rings. The van der Waals surface area contributed by atoms with Crippen LogP contribution in [0.2, 0.25) is 10.0 Å². The van der Waals surface area contributed by atoms with Crippen LogP contribution in [-0.4, -0.2) is 26.8 Å². The predicted octanol–water partition coefficient (Wildman–Crippen LogP) is 4.43. The molecule has 2 rings (SSSR count). The topological polar surface area (TPSA) is 21.3 Å². The van der Waals surface area contributed by atoms with Crippen LogP contribution in [0.3, 0.4) is 0 Å². The first-order valence-corrected chi connectivity index (χ1v) is 8.09. The molecule has 20 heavy (non-hydrogen) atoms. The van der Waals surface area contributed by atoms with E-state index in [1.165, 1.54) is 37.7 Å². The molecule has 2 nitrogen and oxygen atoms in total. The van der Waals surface area contributed by atoms with E-state index in [-0.39, 0.29) is 5.41 Å². The van der Waals surface area contributed by atoms with E-state index in [1.54, 1.807) is 7.11 Å². The normalized spacial score (nSPS) is 18.1. The molecule has 0 heterocycles. The van der Waals surface area contributed by atoms with Gasteiger partial charge in [-0.25, -0.2) is 0 Å². The monoisotopic (exact) mass is 315 g/mol. The number of ether oxygens (including phenoxy) is 1. The summed E-state index contributed by atoms with van der Waals surface area (Å²) in [5.41, 5.74) is 1.51. The molecule has 0 unspecified atom stereocenters. The summed E-state index contributed by atoms with van der Waals surface area (Å²) in [5.74, 6) is 0. The maximum atomic E-state index is 6.21. The van der Waals surface area contributed by atoms with Crippen LogP contribution in [0.4, 0.5) is 0 Å². The van der Waals surface area contributed by atoms with E-state index in [0.717, 1.165) is 19.7 Å². The van der Waals surface area contributed by atoms with Crippen molar-refractivity contribution in [1.82, 2.24) is 5.32 Å². The highest BCUT2D eigenvalue weighted by Gasteiger charge is 2.33. The van der Waals surface area contributed by atoms with Crippen molar-refractivity contribution in [3.8, 4) is 0 Å². The Morgan fingerprint density at radius 2 is 1.90 bits per heavy atom. The van der Waals surface area contributed by atoms with Gasteiger partial charge in [-0.3, -0.25) is 0 Å². The summed E-state index contributed by atoms with van der Waals surface area (Å²) >= 11 is 12.3. The molecule has 0 spiro atoms. The van der Waals surface area contributed by atoms with Crippen LogP contribution in [0.5, 0.6) is 0 Å². The third-order valence-corrected chi connectivity index (χ3v) is 5.03. The minimum absolute atomic E-state index is 0.195. The highest BCUT2D eigenvalue weighted by atomic mass is 35.5. The number of hydrogen-bond acceptors (Lipinski definition) is 2. The van der Waals surface area contributed by atoms with E-state index >= 15 is 0 Å². The lowest BCUT2D eigenvalue weighted by Gasteiger charge is -2.38. The van der Waals surface area contributed by atoms with Crippen molar-refractivity contribution < 1.29 is 4.74 Å². The van der Waals surface area contributed by atoms with Crippen LogP contribution >= 0.6 is 23.2 Å². The first-order chi connectivity index (χ1) is 9.68. The van der Waals surface area contributed by atoms with Crippen molar-refractivity contribution >= 4 is 23.2 Å². The van der Waals surface area contributed by atoms with E-state index in [1.807, 2.05) is 12.1 Å². The molecule has 0 aromatic heterocycles. The summed E-state index contributed by atoms with van der Waals surface area (Å²) < 4.78 is 5.10. The molecule has 0 aliphatic heterocycles. The standard InChI is InChI=1S/C16H23Cl2NO/c1-20-10-9-19-12-16(7-3-2-4-8-16)13-5-6-14(17)15(18)11-13/h5-6,11,19H,2-4,7-10,12H2,1H3. The highest BCUT2D eigenvalue weighted by molar-refractivity contribution is 6.42. The number of hydrogen-bond donors (Lipinski definition) is 1. The van der Waals surface area contributed by atoms with Gasteiger partial charge >= 0.3 is 0 Å². The molecule has 1 aliphatic carbocycles. The second-order valence-corrected chi connectivity index (χ2v) is 6.45. The Balaban J connectivity index is 2.14. The van der Waals surface area contributed by atoms with Crippen molar-refractivity contribution in [2.75, 3.05) is 26.8 Å². The fourth-order valence-corrected chi connectivity index (χ4v) is 3.42. The van der Waals surface area contributed by atoms with Crippen LogP contribution < -0.4 is 5.32 Å². The van der Waals surface area contributed by atoms with Gasteiger partial charge in [0.2, 0.25) is 0 Å². The van der Waals surface area contributed by atoms with Crippen molar-refractivity contribution in [3.63, 3.8) is 0 Å². The predicted molar refractivity (Wildman–Crippen MR) is 86.0 cm³/mol. The highest BCUT2D eigenvalue weighted by Crippen LogP contribution is 2.40. The van der Waals surface area contributed by atoms with Gasteiger partial charge in [0.1, 0.15) is 0 Å². The molecule has 0 bridgehead atoms. The minimum atomic E-state index is 0.195. The minimum Gasteiger partial charge on any atom is -0.383 e. The fraction of sp³-hybridized carbons (Fsp3) is 0.625. The van der Waals surface area contributed by atoms with Crippen LogP contribution in [0.25, 0.3) is 0 Å². The van der Waals surface area contributed by atoms with Gasteiger partial charge < -0.3 is 10.1 Å². The van der Waals surface area contributed by atoms with Crippen LogP contribution in [0, 0.1) is 0 Å². The lowest BCUT2D eigenvalue weighted by molar-refractivity contribution is 0.192. The lowest BCUT2D eigenvalue weighted by atomic mass is 9.69. The van der Waals surface area contributed by atoms with Gasteiger partial charge in [0.05, 0.1) is 16.7 Å². The number of methoxy groups -OCH3 is 1. The van der Waals surface area contributed by atoms with E-state index in [4.69, 9.17) is 27.9 Å². The smallest absolute Gasteiger partial charge is 0.0595 e. The van der Waals surface area contributed by atoms with E-state index < -0.39 is 0 Å². The van der Waals surface area contributed by atoms with Gasteiger partial charge in [-0.1, -0.05) is 48.5 Å². The Kier molecular flexibility index (Phi) is 6.16. The average Bonchev–Trinajstić information content (AvgIpc) is 2.47. The third-order valence-electron chi connectivity index (χ3n) is 4.29. The molecule has 1 aromatic carbocycles. The van der Waals surface area contributed by atoms with Crippen LogP contribution in [0.15, 0.2) is 18.2 Å². The average molecular weight is 316 g/mol. The van der Waals surface area contributed by atoms with E-state index in [0.29, 0.717) is 10.0 Å². The first kappa shape index (κ1) is 16.1. The van der Waals surface area contributed by atoms with Crippen molar-refractivity contribution in [1.29, 1.82) is 0 Å². The second kappa shape index (κ2) is 7.65. The first-order valence-electron chi connectivity index (χ1n) is 7.33. The summed E-state index contributed by atoms with van der Waals surface area (Å²) in [4.78, 5) is 0. The number of nitrogens with one attached hydrogen (secondary N) is 1. The molecule has 0 amide bonds. The number of benzene rings is 1. The third kappa shape index (κ3) is 3.88. The zero-order valence-corrected chi connectivity index (χ0v) is 13.6. The Hall–Kier alpha value is -0.280. The van der Waals surface area contributed by atoms with Crippen LogP contribution in [0.1, 0.15) is 37.7 Å². The van der Waals surface area contributed by atoms with Gasteiger partial charge in [0, 0.05) is 25.6 Å². The van der Waals surface area contributed by atoms with Crippen molar-refractivity contribution in [2.24, 2.45) is 0 Å². The molecular formula is C16H23Cl2NO. The molecule has 0 atom stereocenters. The second-order valence-electron chi connectivity index (χ2n) is 5.64. The largest absolute Gasteiger partial charge is 0.383 e. The quantitative estimate of drug-likeness (QED) is 0.784. The van der Waals surface area contributed by atoms with Gasteiger partial charge in [-0.05, 0) is 30.5 Å². The molecule has 1 fully saturated rings. The maximum Gasteiger partial charge on any atom is 0.0595 e. The Labute approximate surface area is 131 Å². The maximum absolute atomic E-state index is 6.21. The van der Waals surface area contributed by atoms with Crippen molar-refractivity contribution in [2.45, 2.75) is 37.5 Å². The SMILES string of the molecule is COCCNCC1(c2ccc(Cl)c(Cl)c2)CCCCC1.